The quantitative estimate of drug-likeness (QED) is 0.420. The highest BCUT2D eigenvalue weighted by Crippen LogP contribution is 2.30. The molecule has 0 aliphatic carbocycles. The molecule has 3 aromatic heterocycles. The molecule has 0 N–H and O–H groups in total. The maximum absolute atomic E-state index is 13.2. The summed E-state index contributed by atoms with van der Waals surface area (Å²) in [4.78, 5) is 18.4. The van der Waals surface area contributed by atoms with Crippen molar-refractivity contribution in [1.82, 2.24) is 14.7 Å². The average molecular weight is 399 g/mol. The lowest BCUT2D eigenvalue weighted by atomic mass is 10.1. The standard InChI is InChI=1S/C23H17N3O2S/c1-15-7-9-16(10-8-15)19-13-29-22-21(19)23(27)26(14-24-22)12-18-11-20(28-25-18)17-5-3-2-4-6-17/h2-11,13-14H,12H2,1H3. The van der Waals surface area contributed by atoms with E-state index in [9.17, 15) is 4.79 Å². The van der Waals surface area contributed by atoms with Crippen LogP contribution in [0, 0.1) is 6.92 Å². The van der Waals surface area contributed by atoms with E-state index in [4.69, 9.17) is 4.52 Å². The zero-order valence-corrected chi connectivity index (χ0v) is 16.5. The van der Waals surface area contributed by atoms with Crippen molar-refractivity contribution in [3.05, 3.63) is 94.0 Å². The zero-order valence-electron chi connectivity index (χ0n) is 15.7. The van der Waals surface area contributed by atoms with E-state index < -0.39 is 0 Å². The largest absolute Gasteiger partial charge is 0.356 e. The third-order valence-corrected chi connectivity index (χ3v) is 5.76. The Hall–Kier alpha value is -3.51. The summed E-state index contributed by atoms with van der Waals surface area (Å²) in [7, 11) is 0. The molecule has 3 heterocycles. The second kappa shape index (κ2) is 7.14. The SMILES string of the molecule is Cc1ccc(-c2csc3ncn(Cc4cc(-c5ccccc5)on4)c(=O)c23)cc1. The van der Waals surface area contributed by atoms with Crippen LogP contribution < -0.4 is 5.56 Å². The van der Waals surface area contributed by atoms with E-state index in [1.54, 1.807) is 10.9 Å². The van der Waals surface area contributed by atoms with Gasteiger partial charge in [-0.05, 0) is 12.5 Å². The lowest BCUT2D eigenvalue weighted by Gasteiger charge is -2.04. The predicted octanol–water partition coefficient (Wildman–Crippen LogP) is 5.14. The van der Waals surface area contributed by atoms with Crippen molar-refractivity contribution in [3.63, 3.8) is 0 Å². The Morgan fingerprint density at radius 2 is 1.83 bits per heavy atom. The van der Waals surface area contributed by atoms with Crippen LogP contribution in [-0.2, 0) is 6.54 Å². The van der Waals surface area contributed by atoms with E-state index >= 15 is 0 Å². The fourth-order valence-corrected chi connectivity index (χ4v) is 4.23. The van der Waals surface area contributed by atoms with Crippen molar-refractivity contribution in [2.24, 2.45) is 0 Å². The van der Waals surface area contributed by atoms with E-state index in [1.807, 2.05) is 73.0 Å². The Kier molecular flexibility index (Phi) is 4.33. The second-order valence-corrected chi connectivity index (χ2v) is 7.78. The Labute approximate surface area is 170 Å². The number of hydrogen-bond donors (Lipinski definition) is 0. The van der Waals surface area contributed by atoms with Gasteiger partial charge in [0.2, 0.25) is 0 Å². The van der Waals surface area contributed by atoms with Crippen molar-refractivity contribution < 1.29 is 4.52 Å². The fourth-order valence-electron chi connectivity index (χ4n) is 3.33. The fraction of sp³-hybridized carbons (Fsp3) is 0.0870. The van der Waals surface area contributed by atoms with Crippen LogP contribution in [0.25, 0.3) is 32.7 Å². The molecular weight excluding hydrogens is 382 g/mol. The van der Waals surface area contributed by atoms with E-state index in [-0.39, 0.29) is 5.56 Å². The predicted molar refractivity (Wildman–Crippen MR) is 115 cm³/mol. The summed E-state index contributed by atoms with van der Waals surface area (Å²) < 4.78 is 7.04. The summed E-state index contributed by atoms with van der Waals surface area (Å²) in [5, 5.41) is 6.77. The highest BCUT2D eigenvalue weighted by atomic mass is 32.1. The molecule has 0 radical (unpaired) electrons. The Morgan fingerprint density at radius 3 is 2.62 bits per heavy atom. The summed E-state index contributed by atoms with van der Waals surface area (Å²) in [6.45, 7) is 2.35. The highest BCUT2D eigenvalue weighted by molar-refractivity contribution is 7.17. The molecular formula is C23H17N3O2S. The molecule has 0 aliphatic rings. The van der Waals surface area contributed by atoms with Crippen LogP contribution in [0.5, 0.6) is 0 Å². The number of hydrogen-bond acceptors (Lipinski definition) is 5. The normalized spacial score (nSPS) is 11.2. The first kappa shape index (κ1) is 17.6. The molecule has 29 heavy (non-hydrogen) atoms. The van der Waals surface area contributed by atoms with Gasteiger partial charge >= 0.3 is 0 Å². The lowest BCUT2D eigenvalue weighted by Crippen LogP contribution is -2.21. The van der Waals surface area contributed by atoms with Gasteiger partial charge in [0.15, 0.2) is 5.76 Å². The molecule has 5 rings (SSSR count). The van der Waals surface area contributed by atoms with Gasteiger partial charge in [-0.15, -0.1) is 11.3 Å². The minimum absolute atomic E-state index is 0.0731. The van der Waals surface area contributed by atoms with Crippen LogP contribution in [0.2, 0.25) is 0 Å². The topological polar surface area (TPSA) is 60.9 Å². The first-order chi connectivity index (χ1) is 14.2. The molecule has 5 aromatic rings. The van der Waals surface area contributed by atoms with Gasteiger partial charge in [-0.2, -0.15) is 0 Å². The minimum atomic E-state index is -0.0731. The zero-order chi connectivity index (χ0) is 19.8. The van der Waals surface area contributed by atoms with Gasteiger partial charge in [0, 0.05) is 22.6 Å². The summed E-state index contributed by atoms with van der Waals surface area (Å²) in [6.07, 6.45) is 1.58. The smallest absolute Gasteiger partial charge is 0.263 e. The van der Waals surface area contributed by atoms with Gasteiger partial charge < -0.3 is 4.52 Å². The maximum atomic E-state index is 13.2. The number of benzene rings is 2. The second-order valence-electron chi connectivity index (χ2n) is 6.92. The minimum Gasteiger partial charge on any atom is -0.356 e. The molecule has 0 aliphatic heterocycles. The number of aryl methyl sites for hydroxylation is 1. The van der Waals surface area contributed by atoms with Crippen molar-refractivity contribution in [3.8, 4) is 22.5 Å². The molecule has 0 fully saturated rings. The molecule has 0 unspecified atom stereocenters. The van der Waals surface area contributed by atoms with Crippen molar-refractivity contribution in [1.29, 1.82) is 0 Å². The summed E-state index contributed by atoms with van der Waals surface area (Å²) in [5.41, 5.74) is 4.68. The molecule has 0 amide bonds. The molecule has 6 heteroatoms. The number of nitrogens with zero attached hydrogens (tertiary/aromatic N) is 3. The van der Waals surface area contributed by atoms with Crippen molar-refractivity contribution >= 4 is 21.6 Å². The Balaban J connectivity index is 1.52. The molecule has 2 aromatic carbocycles. The van der Waals surface area contributed by atoms with Crippen LogP contribution in [0.15, 0.2) is 81.7 Å². The van der Waals surface area contributed by atoms with E-state index in [1.165, 1.54) is 16.9 Å². The van der Waals surface area contributed by atoms with Gasteiger partial charge in [-0.3, -0.25) is 9.36 Å². The Bertz CT molecular complexity index is 1350. The van der Waals surface area contributed by atoms with E-state index in [0.29, 0.717) is 23.4 Å². The van der Waals surface area contributed by atoms with Crippen LogP contribution in [0.1, 0.15) is 11.3 Å². The third-order valence-electron chi connectivity index (χ3n) is 4.87. The molecule has 5 nitrogen and oxygen atoms in total. The summed E-state index contributed by atoms with van der Waals surface area (Å²) in [5.74, 6) is 0.679. The van der Waals surface area contributed by atoms with Gasteiger partial charge in [-0.25, -0.2) is 4.98 Å². The van der Waals surface area contributed by atoms with Crippen molar-refractivity contribution in [2.45, 2.75) is 13.5 Å². The molecule has 0 saturated carbocycles. The molecule has 0 atom stereocenters. The monoisotopic (exact) mass is 399 g/mol. The van der Waals surface area contributed by atoms with Crippen LogP contribution in [-0.4, -0.2) is 14.7 Å². The number of fused-ring (bicyclic) bond motifs is 1. The summed E-state index contributed by atoms with van der Waals surface area (Å²) in [6, 6.07) is 19.8. The van der Waals surface area contributed by atoms with Crippen LogP contribution in [0.4, 0.5) is 0 Å². The van der Waals surface area contributed by atoms with E-state index in [0.717, 1.165) is 21.5 Å². The van der Waals surface area contributed by atoms with Gasteiger partial charge in [0.1, 0.15) is 10.5 Å². The Morgan fingerprint density at radius 1 is 1.03 bits per heavy atom. The third kappa shape index (κ3) is 3.28. The van der Waals surface area contributed by atoms with Crippen molar-refractivity contribution in [2.75, 3.05) is 0 Å². The molecule has 0 spiro atoms. The lowest BCUT2D eigenvalue weighted by molar-refractivity contribution is 0.420. The summed E-state index contributed by atoms with van der Waals surface area (Å²) >= 11 is 1.48. The van der Waals surface area contributed by atoms with Gasteiger partial charge in [0.05, 0.1) is 18.3 Å². The number of rotatable bonds is 4. The molecule has 0 bridgehead atoms. The molecule has 0 saturated heterocycles. The first-order valence-electron chi connectivity index (χ1n) is 9.24. The van der Waals surface area contributed by atoms with E-state index in [2.05, 4.69) is 10.1 Å². The van der Waals surface area contributed by atoms with Crippen LogP contribution in [0.3, 0.4) is 0 Å². The molecule has 142 valence electrons. The number of thiophene rings is 1. The first-order valence-corrected chi connectivity index (χ1v) is 10.1. The maximum Gasteiger partial charge on any atom is 0.263 e. The average Bonchev–Trinajstić information content (AvgIpc) is 3.39. The van der Waals surface area contributed by atoms with Gasteiger partial charge in [-0.1, -0.05) is 65.3 Å². The van der Waals surface area contributed by atoms with Crippen LogP contribution >= 0.6 is 11.3 Å². The highest BCUT2D eigenvalue weighted by Gasteiger charge is 2.15. The van der Waals surface area contributed by atoms with Gasteiger partial charge in [0.25, 0.3) is 5.56 Å². The number of aromatic nitrogens is 3.